The zero-order valence-corrected chi connectivity index (χ0v) is 10.5. The maximum Gasteiger partial charge on any atom is 0.333 e. The number of rotatable bonds is 4. The molecule has 96 valence electrons. The summed E-state index contributed by atoms with van der Waals surface area (Å²) in [5, 5.41) is 9.44. The molecule has 4 saturated carbocycles. The highest BCUT2D eigenvalue weighted by Gasteiger charge is 2.56. The quantitative estimate of drug-likeness (QED) is 0.819. The molecule has 0 heterocycles. The number of carboxylic acid groups (broad SMARTS) is 1. The van der Waals surface area contributed by atoms with Gasteiger partial charge >= 0.3 is 5.97 Å². The fraction of sp³-hybridized carbons (Fsp3) is 0.929. The SMILES string of the molecule is CCOC(C(=O)O)C12CC3CC(CC(C3)C1)C2. The summed E-state index contributed by atoms with van der Waals surface area (Å²) in [6.07, 6.45) is 6.76. The van der Waals surface area contributed by atoms with Gasteiger partial charge in [-0.3, -0.25) is 0 Å². The summed E-state index contributed by atoms with van der Waals surface area (Å²) in [4.78, 5) is 11.5. The first-order chi connectivity index (χ1) is 8.13. The van der Waals surface area contributed by atoms with Crippen molar-refractivity contribution >= 4 is 5.97 Å². The second-order valence-electron chi connectivity index (χ2n) is 6.45. The minimum atomic E-state index is -0.742. The average molecular weight is 238 g/mol. The second-order valence-corrected chi connectivity index (χ2v) is 6.45. The lowest BCUT2D eigenvalue weighted by Crippen LogP contribution is -2.54. The normalized spacial score (nSPS) is 44.9. The molecule has 1 unspecified atom stereocenters. The van der Waals surface area contributed by atoms with E-state index in [4.69, 9.17) is 4.74 Å². The number of ether oxygens (including phenoxy) is 1. The first kappa shape index (κ1) is 11.5. The predicted octanol–water partition coefficient (Wildman–Crippen LogP) is 2.69. The van der Waals surface area contributed by atoms with Gasteiger partial charge in [0.25, 0.3) is 0 Å². The van der Waals surface area contributed by atoms with Crippen LogP contribution in [0.4, 0.5) is 0 Å². The van der Waals surface area contributed by atoms with Crippen molar-refractivity contribution in [2.75, 3.05) is 6.61 Å². The molecule has 1 N–H and O–H groups in total. The first-order valence-corrected chi connectivity index (χ1v) is 6.97. The Morgan fingerprint density at radius 1 is 1.24 bits per heavy atom. The highest BCUT2D eigenvalue weighted by atomic mass is 16.5. The summed E-state index contributed by atoms with van der Waals surface area (Å²) in [5.74, 6) is 1.60. The topological polar surface area (TPSA) is 46.5 Å². The molecule has 0 amide bonds. The fourth-order valence-corrected chi connectivity index (χ4v) is 5.18. The van der Waals surface area contributed by atoms with Crippen molar-refractivity contribution in [1.29, 1.82) is 0 Å². The van der Waals surface area contributed by atoms with Crippen LogP contribution < -0.4 is 0 Å². The van der Waals surface area contributed by atoms with Gasteiger partial charge in [0.15, 0.2) is 6.10 Å². The molecule has 0 spiro atoms. The van der Waals surface area contributed by atoms with E-state index in [0.717, 1.165) is 37.0 Å². The summed E-state index contributed by atoms with van der Waals surface area (Å²) >= 11 is 0. The molecule has 17 heavy (non-hydrogen) atoms. The van der Waals surface area contributed by atoms with E-state index in [-0.39, 0.29) is 5.41 Å². The monoisotopic (exact) mass is 238 g/mol. The third-order valence-corrected chi connectivity index (χ3v) is 5.20. The maximum absolute atomic E-state index is 11.5. The van der Waals surface area contributed by atoms with Crippen LogP contribution in [0.5, 0.6) is 0 Å². The van der Waals surface area contributed by atoms with Crippen LogP contribution in [-0.4, -0.2) is 23.8 Å². The molecule has 0 radical (unpaired) electrons. The number of aliphatic carboxylic acids is 1. The van der Waals surface area contributed by atoms with Crippen LogP contribution in [0.3, 0.4) is 0 Å². The van der Waals surface area contributed by atoms with E-state index < -0.39 is 12.1 Å². The molecular weight excluding hydrogens is 216 g/mol. The Morgan fingerprint density at radius 2 is 1.71 bits per heavy atom. The van der Waals surface area contributed by atoms with Gasteiger partial charge in [-0.25, -0.2) is 4.79 Å². The fourth-order valence-electron chi connectivity index (χ4n) is 5.18. The molecule has 4 rings (SSSR count). The van der Waals surface area contributed by atoms with Gasteiger partial charge in [0, 0.05) is 12.0 Å². The molecule has 1 atom stereocenters. The van der Waals surface area contributed by atoms with Crippen molar-refractivity contribution in [2.45, 2.75) is 51.6 Å². The Labute approximate surface area is 103 Å². The van der Waals surface area contributed by atoms with Gasteiger partial charge < -0.3 is 9.84 Å². The lowest BCUT2D eigenvalue weighted by Gasteiger charge is -2.58. The lowest BCUT2D eigenvalue weighted by molar-refractivity contribution is -0.179. The first-order valence-electron chi connectivity index (χ1n) is 6.97. The van der Waals surface area contributed by atoms with E-state index in [9.17, 15) is 9.90 Å². The summed E-state index contributed by atoms with van der Waals surface area (Å²) in [6, 6.07) is 0. The van der Waals surface area contributed by atoms with Gasteiger partial charge in [-0.15, -0.1) is 0 Å². The van der Waals surface area contributed by atoms with Gasteiger partial charge in [-0.05, 0) is 63.2 Å². The Balaban J connectivity index is 1.87. The van der Waals surface area contributed by atoms with Crippen LogP contribution in [0, 0.1) is 23.2 Å². The molecule has 4 bridgehead atoms. The third kappa shape index (κ3) is 1.79. The van der Waals surface area contributed by atoms with Crippen LogP contribution in [0.1, 0.15) is 45.4 Å². The smallest absolute Gasteiger partial charge is 0.333 e. The molecule has 0 aliphatic heterocycles. The van der Waals surface area contributed by atoms with Crippen LogP contribution in [-0.2, 0) is 9.53 Å². The van der Waals surface area contributed by atoms with Crippen molar-refractivity contribution in [3.8, 4) is 0 Å². The van der Waals surface area contributed by atoms with Crippen molar-refractivity contribution < 1.29 is 14.6 Å². The largest absolute Gasteiger partial charge is 0.479 e. The molecule has 0 saturated heterocycles. The van der Waals surface area contributed by atoms with Crippen LogP contribution in [0.25, 0.3) is 0 Å². The molecule has 3 heteroatoms. The van der Waals surface area contributed by atoms with Gasteiger partial charge in [-0.1, -0.05) is 0 Å². The minimum Gasteiger partial charge on any atom is -0.479 e. The molecule has 0 aromatic rings. The van der Waals surface area contributed by atoms with E-state index >= 15 is 0 Å². The number of carboxylic acids is 1. The second kappa shape index (κ2) is 3.98. The molecule has 0 aromatic carbocycles. The van der Waals surface area contributed by atoms with Crippen LogP contribution in [0.2, 0.25) is 0 Å². The standard InChI is InChI=1S/C14H22O3/c1-2-17-12(13(15)16)14-6-9-3-10(7-14)5-11(4-9)8-14/h9-12H,2-8H2,1H3,(H,15,16). The lowest BCUT2D eigenvalue weighted by atomic mass is 9.48. The van der Waals surface area contributed by atoms with Crippen molar-refractivity contribution in [3.05, 3.63) is 0 Å². The third-order valence-electron chi connectivity index (χ3n) is 5.20. The van der Waals surface area contributed by atoms with Crippen LogP contribution in [0.15, 0.2) is 0 Å². The Kier molecular flexibility index (Phi) is 2.69. The summed E-state index contributed by atoms with van der Waals surface area (Å²) in [6.45, 7) is 2.41. The highest BCUT2D eigenvalue weighted by Crippen LogP contribution is 2.61. The van der Waals surface area contributed by atoms with Crippen molar-refractivity contribution in [2.24, 2.45) is 23.2 Å². The molecule has 4 aliphatic carbocycles. The number of hydrogen-bond donors (Lipinski definition) is 1. The van der Waals surface area contributed by atoms with Gasteiger partial charge in [-0.2, -0.15) is 0 Å². The Morgan fingerprint density at radius 3 is 2.06 bits per heavy atom. The molecule has 3 nitrogen and oxygen atoms in total. The summed E-state index contributed by atoms with van der Waals surface area (Å²) in [7, 11) is 0. The van der Waals surface area contributed by atoms with E-state index in [1.165, 1.54) is 19.3 Å². The zero-order valence-electron chi connectivity index (χ0n) is 10.5. The zero-order chi connectivity index (χ0) is 12.0. The number of hydrogen-bond acceptors (Lipinski definition) is 2. The van der Waals surface area contributed by atoms with Gasteiger partial charge in [0.1, 0.15) is 0 Å². The average Bonchev–Trinajstić information content (AvgIpc) is 2.23. The predicted molar refractivity (Wildman–Crippen MR) is 63.7 cm³/mol. The van der Waals surface area contributed by atoms with Crippen molar-refractivity contribution in [3.63, 3.8) is 0 Å². The van der Waals surface area contributed by atoms with E-state index in [2.05, 4.69) is 0 Å². The Hall–Kier alpha value is -0.570. The maximum atomic E-state index is 11.5. The molecule has 4 aliphatic rings. The minimum absolute atomic E-state index is 0.0312. The van der Waals surface area contributed by atoms with Gasteiger partial charge in [0.2, 0.25) is 0 Å². The molecule has 4 fully saturated rings. The highest BCUT2D eigenvalue weighted by molar-refractivity contribution is 5.73. The van der Waals surface area contributed by atoms with E-state index in [0.29, 0.717) is 6.61 Å². The molecule has 0 aromatic heterocycles. The van der Waals surface area contributed by atoms with E-state index in [1.54, 1.807) is 0 Å². The van der Waals surface area contributed by atoms with E-state index in [1.807, 2.05) is 6.92 Å². The van der Waals surface area contributed by atoms with Crippen molar-refractivity contribution in [1.82, 2.24) is 0 Å². The summed E-state index contributed by atoms with van der Waals surface area (Å²) in [5.41, 5.74) is -0.0312. The van der Waals surface area contributed by atoms with Crippen LogP contribution >= 0.6 is 0 Å². The number of carbonyl (C=O) groups is 1. The summed E-state index contributed by atoms with van der Waals surface area (Å²) < 4.78 is 5.59. The van der Waals surface area contributed by atoms with Gasteiger partial charge in [0.05, 0.1) is 0 Å². The molecular formula is C14H22O3. The Bertz CT molecular complexity index is 288.